The number of esters is 1. The van der Waals surface area contributed by atoms with Crippen molar-refractivity contribution in [3.63, 3.8) is 0 Å². The fourth-order valence-electron chi connectivity index (χ4n) is 7.28. The molecule has 5 rings (SSSR count). The van der Waals surface area contributed by atoms with Crippen molar-refractivity contribution in [3.05, 3.63) is 121 Å². The second kappa shape index (κ2) is 14.4. The summed E-state index contributed by atoms with van der Waals surface area (Å²) in [6.07, 6.45) is -0.169. The molecule has 1 aliphatic heterocycles. The molecule has 1 saturated heterocycles. The quantitative estimate of drug-likeness (QED) is 0.142. The van der Waals surface area contributed by atoms with Gasteiger partial charge in [0.2, 0.25) is 6.29 Å². The Morgan fingerprint density at radius 3 is 1.38 bits per heavy atom. The zero-order valence-corrected chi connectivity index (χ0v) is 30.9. The van der Waals surface area contributed by atoms with Gasteiger partial charge < -0.3 is 18.3 Å². The van der Waals surface area contributed by atoms with Gasteiger partial charge in [-0.25, -0.2) is 0 Å². The van der Waals surface area contributed by atoms with Crippen LogP contribution < -0.4 is 20.7 Å². The van der Waals surface area contributed by atoms with Gasteiger partial charge in [0, 0.05) is 13.3 Å². The third-order valence-corrected chi connectivity index (χ3v) is 19.4. The molecule has 7 heteroatoms. The van der Waals surface area contributed by atoms with Crippen molar-refractivity contribution in [1.82, 2.24) is 0 Å². The molecule has 0 amide bonds. The second-order valence-electron chi connectivity index (χ2n) is 14.6. The fraction of sp³-hybridized carbons (Fsp3) is 0.375. The number of hydrogen-bond donors (Lipinski definition) is 0. The summed E-state index contributed by atoms with van der Waals surface area (Å²) >= 11 is 0. The van der Waals surface area contributed by atoms with Gasteiger partial charge in [-0.1, -0.05) is 163 Å². The van der Waals surface area contributed by atoms with Gasteiger partial charge in [-0.05, 0) is 37.2 Å². The number of benzene rings is 4. The summed E-state index contributed by atoms with van der Waals surface area (Å²) < 4.78 is 27.4. The molecule has 1 fully saturated rings. The van der Waals surface area contributed by atoms with Crippen LogP contribution in [0.3, 0.4) is 0 Å². The van der Waals surface area contributed by atoms with Crippen LogP contribution in [0, 0.1) is 0 Å². The SMILES string of the molecule is CC(=O)O[C@@H]1CC[C@H](O[Si](c2ccccc2)(c2ccccc2)C(C)(C)C)[C@@H](CO[Si](c2ccccc2)(c2ccccc2)C(C)(C)C)O1. The van der Waals surface area contributed by atoms with Gasteiger partial charge in [0.1, 0.15) is 6.10 Å². The van der Waals surface area contributed by atoms with Crippen molar-refractivity contribution in [3.8, 4) is 0 Å². The van der Waals surface area contributed by atoms with Gasteiger partial charge in [-0.15, -0.1) is 0 Å². The minimum absolute atomic E-state index is 0.200. The van der Waals surface area contributed by atoms with Crippen molar-refractivity contribution in [2.24, 2.45) is 0 Å². The van der Waals surface area contributed by atoms with Gasteiger partial charge in [0.15, 0.2) is 0 Å². The third-order valence-electron chi connectivity index (χ3n) is 9.35. The summed E-state index contributed by atoms with van der Waals surface area (Å²) in [6, 6.07) is 42.7. The highest BCUT2D eigenvalue weighted by Gasteiger charge is 2.54. The van der Waals surface area contributed by atoms with Crippen molar-refractivity contribution in [2.45, 2.75) is 89.9 Å². The van der Waals surface area contributed by atoms with E-state index in [1.165, 1.54) is 27.7 Å². The van der Waals surface area contributed by atoms with Crippen LogP contribution in [-0.2, 0) is 23.1 Å². The zero-order valence-electron chi connectivity index (χ0n) is 28.9. The van der Waals surface area contributed by atoms with E-state index in [1.807, 2.05) is 0 Å². The van der Waals surface area contributed by atoms with E-state index in [0.29, 0.717) is 19.4 Å². The Morgan fingerprint density at radius 1 is 0.638 bits per heavy atom. The molecular weight excluding hydrogens is 617 g/mol. The molecule has 5 nitrogen and oxygen atoms in total. The molecule has 0 spiro atoms. The van der Waals surface area contributed by atoms with Gasteiger partial charge in [-0.2, -0.15) is 0 Å². The largest absolute Gasteiger partial charge is 0.436 e. The van der Waals surface area contributed by atoms with E-state index >= 15 is 0 Å². The van der Waals surface area contributed by atoms with E-state index in [-0.39, 0.29) is 22.1 Å². The van der Waals surface area contributed by atoms with Crippen molar-refractivity contribution < 1.29 is 23.1 Å². The van der Waals surface area contributed by atoms with E-state index in [9.17, 15) is 4.79 Å². The lowest BCUT2D eigenvalue weighted by Gasteiger charge is -2.49. The Kier molecular flexibility index (Phi) is 10.7. The van der Waals surface area contributed by atoms with Crippen LogP contribution >= 0.6 is 0 Å². The van der Waals surface area contributed by atoms with Crippen LogP contribution in [0.25, 0.3) is 0 Å². The van der Waals surface area contributed by atoms with E-state index in [0.717, 1.165) is 0 Å². The van der Waals surface area contributed by atoms with Gasteiger partial charge >= 0.3 is 5.97 Å². The molecule has 0 aromatic heterocycles. The Labute approximate surface area is 283 Å². The van der Waals surface area contributed by atoms with Gasteiger partial charge in [0.25, 0.3) is 16.6 Å². The summed E-state index contributed by atoms with van der Waals surface area (Å²) in [5, 5.41) is 4.44. The standard InChI is InChI=1S/C40H50O5Si2/c1-31(41)43-38-29-28-36(45-47(40(5,6)7,34-24-16-10-17-25-34)35-26-18-11-19-27-35)37(44-38)30-42-46(39(2,3)4,32-20-12-8-13-21-32)33-22-14-9-15-23-33/h8-27,36-38H,28-30H2,1-7H3/t36-,37+,38-/m0/s1. The average molecular weight is 667 g/mol. The number of carbonyl (C=O) groups excluding carboxylic acids is 1. The van der Waals surface area contributed by atoms with Crippen LogP contribution in [-0.4, -0.2) is 47.7 Å². The molecule has 1 aliphatic rings. The van der Waals surface area contributed by atoms with Crippen LogP contribution in [0.4, 0.5) is 0 Å². The molecule has 248 valence electrons. The zero-order chi connectivity index (χ0) is 33.7. The van der Waals surface area contributed by atoms with E-state index < -0.39 is 29.0 Å². The minimum atomic E-state index is -2.90. The first-order valence-electron chi connectivity index (χ1n) is 16.7. The van der Waals surface area contributed by atoms with E-state index in [1.54, 1.807) is 0 Å². The fourth-order valence-corrected chi connectivity index (χ4v) is 16.6. The maximum absolute atomic E-state index is 12.1. The highest BCUT2D eigenvalue weighted by molar-refractivity contribution is 7.00. The summed E-state index contributed by atoms with van der Waals surface area (Å²) in [5.74, 6) is -0.354. The summed E-state index contributed by atoms with van der Waals surface area (Å²) in [5.41, 5.74) is 0. The molecule has 0 radical (unpaired) electrons. The lowest BCUT2D eigenvalue weighted by molar-refractivity contribution is -0.223. The average Bonchev–Trinajstić information content (AvgIpc) is 3.05. The third kappa shape index (κ3) is 7.25. The Hall–Kier alpha value is -3.34. The lowest BCUT2D eigenvalue weighted by Crippen LogP contribution is -2.70. The molecule has 0 bridgehead atoms. The van der Waals surface area contributed by atoms with Crippen molar-refractivity contribution >= 4 is 43.4 Å². The molecule has 1 heterocycles. The maximum atomic E-state index is 12.1. The molecule has 47 heavy (non-hydrogen) atoms. The Balaban J connectivity index is 1.60. The topological polar surface area (TPSA) is 54.0 Å². The first-order chi connectivity index (χ1) is 22.4. The van der Waals surface area contributed by atoms with E-state index in [2.05, 4.69) is 163 Å². The van der Waals surface area contributed by atoms with Crippen LogP contribution in [0.5, 0.6) is 0 Å². The Bertz CT molecular complexity index is 1490. The van der Waals surface area contributed by atoms with Crippen LogP contribution in [0.2, 0.25) is 10.1 Å². The van der Waals surface area contributed by atoms with Crippen LogP contribution in [0.15, 0.2) is 121 Å². The predicted molar refractivity (Wildman–Crippen MR) is 196 cm³/mol. The van der Waals surface area contributed by atoms with E-state index in [4.69, 9.17) is 18.3 Å². The highest BCUT2D eigenvalue weighted by Crippen LogP contribution is 2.41. The molecular formula is C40H50O5Si2. The molecule has 4 aromatic rings. The summed E-state index contributed by atoms with van der Waals surface area (Å²) in [6.45, 7) is 15.4. The molecule has 4 aromatic carbocycles. The summed E-state index contributed by atoms with van der Waals surface area (Å²) in [7, 11) is -5.78. The van der Waals surface area contributed by atoms with Crippen molar-refractivity contribution in [2.75, 3.05) is 6.61 Å². The van der Waals surface area contributed by atoms with Crippen molar-refractivity contribution in [1.29, 1.82) is 0 Å². The summed E-state index contributed by atoms with van der Waals surface area (Å²) in [4.78, 5) is 12.1. The molecule has 0 unspecified atom stereocenters. The molecule has 0 aliphatic carbocycles. The number of carbonyl (C=O) groups is 1. The molecule has 0 saturated carbocycles. The highest BCUT2D eigenvalue weighted by atomic mass is 28.4. The number of rotatable bonds is 10. The normalized spacial score (nSPS) is 19.3. The van der Waals surface area contributed by atoms with Crippen LogP contribution in [0.1, 0.15) is 61.3 Å². The molecule has 0 N–H and O–H groups in total. The first-order valence-corrected chi connectivity index (χ1v) is 20.6. The predicted octanol–water partition coefficient (Wildman–Crippen LogP) is 6.58. The van der Waals surface area contributed by atoms with Gasteiger partial charge in [0.05, 0.1) is 12.7 Å². The monoisotopic (exact) mass is 666 g/mol. The maximum Gasteiger partial charge on any atom is 0.304 e. The smallest absolute Gasteiger partial charge is 0.304 e. The first kappa shape index (κ1) is 35.0. The minimum Gasteiger partial charge on any atom is -0.436 e. The number of ether oxygens (including phenoxy) is 2. The number of hydrogen-bond acceptors (Lipinski definition) is 5. The Morgan fingerprint density at radius 2 is 1.02 bits per heavy atom. The van der Waals surface area contributed by atoms with Gasteiger partial charge in [-0.3, -0.25) is 4.79 Å². The lowest BCUT2D eigenvalue weighted by atomic mass is 10.1. The second-order valence-corrected chi connectivity index (χ2v) is 23.1. The molecule has 3 atom stereocenters.